The van der Waals surface area contributed by atoms with Crippen LogP contribution in [-0.4, -0.2) is 52.7 Å². The minimum Gasteiger partial charge on any atom is -0.479 e. The van der Waals surface area contributed by atoms with Gasteiger partial charge in [0.1, 0.15) is 17.7 Å². The quantitative estimate of drug-likeness (QED) is 0.630. The van der Waals surface area contributed by atoms with Crippen molar-refractivity contribution >= 4 is 18.0 Å². The van der Waals surface area contributed by atoms with Crippen LogP contribution in [-0.2, 0) is 14.3 Å². The van der Waals surface area contributed by atoms with Crippen LogP contribution in [0.25, 0.3) is 11.1 Å². The summed E-state index contributed by atoms with van der Waals surface area (Å²) < 4.78 is 5.62. The molecule has 2 aromatic rings. The largest absolute Gasteiger partial charge is 0.479 e. The molecule has 2 aliphatic carbocycles. The molecule has 0 radical (unpaired) electrons. The van der Waals surface area contributed by atoms with Crippen LogP contribution in [0.3, 0.4) is 0 Å². The average molecular weight is 451 g/mol. The standard InChI is InChI=1S/C26H30N2O5/c1-4-13-25(2,22(29)28(3)26(14-15-26)23(30)31)27-24(32)33-16-21-19-11-7-5-9-17(19)18-10-6-8-12-20(18)21/h5-12,21H,4,13-16H2,1-3H3,(H,27,32)(H,30,31). The van der Waals surface area contributed by atoms with Gasteiger partial charge >= 0.3 is 12.1 Å². The van der Waals surface area contributed by atoms with E-state index in [2.05, 4.69) is 17.4 Å². The van der Waals surface area contributed by atoms with E-state index in [1.165, 1.54) is 11.9 Å². The van der Waals surface area contributed by atoms with Crippen molar-refractivity contribution in [3.63, 3.8) is 0 Å². The van der Waals surface area contributed by atoms with Gasteiger partial charge in [-0.2, -0.15) is 0 Å². The Hall–Kier alpha value is -3.35. The summed E-state index contributed by atoms with van der Waals surface area (Å²) >= 11 is 0. The molecular weight excluding hydrogens is 420 g/mol. The number of likely N-dealkylation sites (N-methyl/N-ethyl adjacent to an activating group) is 1. The van der Waals surface area contributed by atoms with Crippen LogP contribution in [0.1, 0.15) is 56.6 Å². The minimum atomic E-state index is -1.25. The number of alkyl carbamates (subject to hydrolysis) is 1. The van der Waals surface area contributed by atoms with Crippen molar-refractivity contribution in [3.8, 4) is 11.1 Å². The number of hydrogen-bond donors (Lipinski definition) is 2. The van der Waals surface area contributed by atoms with Gasteiger partial charge in [0.25, 0.3) is 0 Å². The number of aliphatic carboxylic acids is 1. The number of amides is 2. The maximum absolute atomic E-state index is 13.3. The van der Waals surface area contributed by atoms with Gasteiger partial charge in [-0.1, -0.05) is 61.9 Å². The van der Waals surface area contributed by atoms with E-state index in [1.807, 2.05) is 43.3 Å². The van der Waals surface area contributed by atoms with Crippen LogP contribution in [0.2, 0.25) is 0 Å². The SMILES string of the molecule is CCCC(C)(NC(=O)OCC1c2ccccc2-c2ccccc21)C(=O)N(C)C1(C(=O)O)CC1. The van der Waals surface area contributed by atoms with Gasteiger partial charge in [0, 0.05) is 13.0 Å². The maximum atomic E-state index is 13.3. The molecule has 33 heavy (non-hydrogen) atoms. The van der Waals surface area contributed by atoms with Gasteiger partial charge in [-0.15, -0.1) is 0 Å². The molecule has 0 saturated heterocycles. The Bertz CT molecular complexity index is 1050. The first kappa shape index (κ1) is 22.8. The summed E-state index contributed by atoms with van der Waals surface area (Å²) in [4.78, 5) is 39.0. The van der Waals surface area contributed by atoms with Crippen molar-refractivity contribution in [2.24, 2.45) is 0 Å². The third-order valence-corrected chi connectivity index (χ3v) is 7.01. The molecule has 2 amide bonds. The van der Waals surface area contributed by atoms with Crippen molar-refractivity contribution in [1.29, 1.82) is 0 Å². The molecule has 1 fully saturated rings. The second-order valence-electron chi connectivity index (χ2n) is 9.23. The van der Waals surface area contributed by atoms with Crippen molar-refractivity contribution in [1.82, 2.24) is 10.2 Å². The highest BCUT2D eigenvalue weighted by Crippen LogP contribution is 2.45. The number of ether oxygens (including phenoxy) is 1. The minimum absolute atomic E-state index is 0.0827. The normalized spacial score (nSPS) is 17.3. The predicted molar refractivity (Wildman–Crippen MR) is 124 cm³/mol. The van der Waals surface area contributed by atoms with E-state index >= 15 is 0 Å². The average Bonchev–Trinajstić information content (AvgIpc) is 3.55. The Labute approximate surface area is 193 Å². The highest BCUT2D eigenvalue weighted by Gasteiger charge is 2.57. The van der Waals surface area contributed by atoms with Crippen molar-refractivity contribution in [2.75, 3.05) is 13.7 Å². The Kier molecular flexibility index (Phi) is 5.91. The van der Waals surface area contributed by atoms with Gasteiger partial charge < -0.3 is 20.1 Å². The molecule has 4 rings (SSSR count). The summed E-state index contributed by atoms with van der Waals surface area (Å²) in [5.41, 5.74) is 2.06. The van der Waals surface area contributed by atoms with Gasteiger partial charge in [0.05, 0.1) is 0 Å². The molecule has 0 bridgehead atoms. The molecule has 0 spiro atoms. The van der Waals surface area contributed by atoms with E-state index < -0.39 is 29.0 Å². The number of carbonyl (C=O) groups is 3. The molecule has 7 nitrogen and oxygen atoms in total. The fourth-order valence-electron chi connectivity index (χ4n) is 4.96. The third-order valence-electron chi connectivity index (χ3n) is 7.01. The number of carboxylic acids is 1. The lowest BCUT2D eigenvalue weighted by molar-refractivity contribution is -0.153. The molecule has 1 saturated carbocycles. The first-order valence-electron chi connectivity index (χ1n) is 11.4. The molecular formula is C26H30N2O5. The van der Waals surface area contributed by atoms with E-state index in [0.717, 1.165) is 22.3 Å². The van der Waals surface area contributed by atoms with Gasteiger partial charge in [0.15, 0.2) is 0 Å². The number of nitrogens with zero attached hydrogens (tertiary/aromatic N) is 1. The van der Waals surface area contributed by atoms with Gasteiger partial charge in [-0.05, 0) is 48.4 Å². The smallest absolute Gasteiger partial charge is 0.408 e. The van der Waals surface area contributed by atoms with Crippen LogP contribution in [0.5, 0.6) is 0 Å². The van der Waals surface area contributed by atoms with Crippen LogP contribution in [0.4, 0.5) is 4.79 Å². The third kappa shape index (κ3) is 3.96. The lowest BCUT2D eigenvalue weighted by Gasteiger charge is -2.35. The van der Waals surface area contributed by atoms with Gasteiger partial charge in [-0.3, -0.25) is 4.79 Å². The van der Waals surface area contributed by atoms with E-state index in [4.69, 9.17) is 4.74 Å². The first-order valence-corrected chi connectivity index (χ1v) is 11.4. The molecule has 2 aromatic carbocycles. The Balaban J connectivity index is 1.47. The summed E-state index contributed by atoms with van der Waals surface area (Å²) in [5.74, 6) is -1.52. The molecule has 0 aromatic heterocycles. The molecule has 0 heterocycles. The Morgan fingerprint density at radius 1 is 1.09 bits per heavy atom. The number of carboxylic acid groups (broad SMARTS) is 1. The highest BCUT2D eigenvalue weighted by atomic mass is 16.5. The zero-order valence-corrected chi connectivity index (χ0v) is 19.3. The molecule has 2 N–H and O–H groups in total. The molecule has 2 aliphatic rings. The summed E-state index contributed by atoms with van der Waals surface area (Å²) in [7, 11) is 1.50. The van der Waals surface area contributed by atoms with Gasteiger partial charge in [-0.25, -0.2) is 9.59 Å². The second kappa shape index (κ2) is 8.54. The molecule has 174 valence electrons. The molecule has 7 heteroatoms. The van der Waals surface area contributed by atoms with Crippen molar-refractivity contribution in [2.45, 2.75) is 56.5 Å². The van der Waals surface area contributed by atoms with E-state index in [-0.39, 0.29) is 12.5 Å². The second-order valence-corrected chi connectivity index (χ2v) is 9.23. The summed E-state index contributed by atoms with van der Waals surface area (Å²) in [6, 6.07) is 16.2. The number of hydrogen-bond acceptors (Lipinski definition) is 4. The van der Waals surface area contributed by atoms with Crippen molar-refractivity contribution in [3.05, 3.63) is 59.7 Å². The molecule has 1 atom stereocenters. The fourth-order valence-corrected chi connectivity index (χ4v) is 4.96. The predicted octanol–water partition coefficient (Wildman–Crippen LogP) is 4.16. The zero-order chi connectivity index (χ0) is 23.8. The van der Waals surface area contributed by atoms with Crippen LogP contribution >= 0.6 is 0 Å². The molecule has 0 aliphatic heterocycles. The van der Waals surface area contributed by atoms with E-state index in [0.29, 0.717) is 25.7 Å². The lowest BCUT2D eigenvalue weighted by Crippen LogP contribution is -2.60. The summed E-state index contributed by atoms with van der Waals surface area (Å²) in [6.45, 7) is 3.69. The van der Waals surface area contributed by atoms with Crippen LogP contribution in [0.15, 0.2) is 48.5 Å². The lowest BCUT2D eigenvalue weighted by atomic mass is 9.93. The Morgan fingerprint density at radius 3 is 2.12 bits per heavy atom. The van der Waals surface area contributed by atoms with Crippen LogP contribution < -0.4 is 5.32 Å². The van der Waals surface area contributed by atoms with Crippen molar-refractivity contribution < 1.29 is 24.2 Å². The highest BCUT2D eigenvalue weighted by molar-refractivity contribution is 5.95. The first-order chi connectivity index (χ1) is 15.7. The topological polar surface area (TPSA) is 95.9 Å². The number of benzene rings is 2. The van der Waals surface area contributed by atoms with Crippen LogP contribution in [0, 0.1) is 0 Å². The number of carbonyl (C=O) groups excluding carboxylic acids is 2. The number of fused-ring (bicyclic) bond motifs is 3. The summed E-state index contributed by atoms with van der Waals surface area (Å²) in [6.07, 6.45) is 1.15. The molecule has 1 unspecified atom stereocenters. The number of rotatable bonds is 8. The maximum Gasteiger partial charge on any atom is 0.408 e. The number of nitrogens with one attached hydrogen (secondary N) is 1. The monoisotopic (exact) mass is 450 g/mol. The van der Waals surface area contributed by atoms with Gasteiger partial charge in [0.2, 0.25) is 5.91 Å². The fraction of sp³-hybridized carbons (Fsp3) is 0.423. The van der Waals surface area contributed by atoms with E-state index in [9.17, 15) is 19.5 Å². The summed E-state index contributed by atoms with van der Waals surface area (Å²) in [5, 5.41) is 12.3. The Morgan fingerprint density at radius 2 is 1.64 bits per heavy atom. The zero-order valence-electron chi connectivity index (χ0n) is 19.3. The van der Waals surface area contributed by atoms with E-state index in [1.54, 1.807) is 6.92 Å².